The predicted molar refractivity (Wildman–Crippen MR) is 56.0 cm³/mol. The highest BCUT2D eigenvalue weighted by Crippen LogP contribution is 2.20. The summed E-state index contributed by atoms with van der Waals surface area (Å²) in [7, 11) is 0. The standard InChI is InChI=1S/C10H9NO2S/c1-14(13)8-2-3-10-9(4-8)7(6-12)5-11-10/h2-6,11H,1H3. The molecule has 1 heterocycles. The van der Waals surface area contributed by atoms with Gasteiger partial charge in [0.2, 0.25) is 0 Å². The van der Waals surface area contributed by atoms with Crippen LogP contribution in [0, 0.1) is 0 Å². The van der Waals surface area contributed by atoms with Crippen LogP contribution in [0.5, 0.6) is 0 Å². The molecule has 0 radical (unpaired) electrons. The number of H-pyrrole nitrogens is 1. The Hall–Kier alpha value is -1.26. The summed E-state index contributed by atoms with van der Waals surface area (Å²) in [4.78, 5) is 14.4. The molecular formula is C10H9NO2S. The molecule has 0 amide bonds. The summed E-state index contributed by atoms with van der Waals surface area (Å²) in [6.07, 6.45) is 4.07. The molecule has 1 unspecified atom stereocenters. The van der Waals surface area contributed by atoms with Crippen LogP contribution in [0.2, 0.25) is 0 Å². The van der Waals surface area contributed by atoms with Crippen LogP contribution in [0.25, 0.3) is 10.9 Å². The molecule has 2 rings (SSSR count). The molecule has 0 bridgehead atoms. The molecule has 1 aromatic carbocycles. The molecule has 0 fully saturated rings. The molecule has 4 heteroatoms. The molecule has 1 atom stereocenters. The van der Waals surface area contributed by atoms with Gasteiger partial charge >= 0.3 is 0 Å². The summed E-state index contributed by atoms with van der Waals surface area (Å²) < 4.78 is 11.2. The first-order valence-corrected chi connectivity index (χ1v) is 5.68. The fourth-order valence-electron chi connectivity index (χ4n) is 1.40. The zero-order chi connectivity index (χ0) is 10.1. The van der Waals surface area contributed by atoms with Gasteiger partial charge in [0.05, 0.1) is 0 Å². The molecule has 1 aromatic heterocycles. The monoisotopic (exact) mass is 207 g/mol. The number of fused-ring (bicyclic) bond motifs is 1. The van der Waals surface area contributed by atoms with Gasteiger partial charge in [-0.2, -0.15) is 0 Å². The van der Waals surface area contributed by atoms with Gasteiger partial charge in [0.25, 0.3) is 0 Å². The van der Waals surface area contributed by atoms with E-state index in [0.717, 1.165) is 22.1 Å². The zero-order valence-corrected chi connectivity index (χ0v) is 8.43. The summed E-state index contributed by atoms with van der Waals surface area (Å²) in [5.74, 6) is 0. The third-order valence-corrected chi connectivity index (χ3v) is 3.06. The second kappa shape index (κ2) is 3.48. The number of carbonyl (C=O) groups is 1. The Morgan fingerprint density at radius 3 is 2.93 bits per heavy atom. The molecule has 0 aliphatic carbocycles. The molecular weight excluding hydrogens is 198 g/mol. The molecule has 0 aliphatic rings. The molecule has 0 saturated heterocycles. The Kier molecular flexibility index (Phi) is 2.31. The van der Waals surface area contributed by atoms with Crippen molar-refractivity contribution >= 4 is 28.4 Å². The topological polar surface area (TPSA) is 55.9 Å². The average molecular weight is 207 g/mol. The van der Waals surface area contributed by atoms with Gasteiger partial charge in [-0.05, 0) is 23.3 Å². The Balaban J connectivity index is 2.67. The first-order chi connectivity index (χ1) is 6.72. The van der Waals surface area contributed by atoms with E-state index in [9.17, 15) is 9.35 Å². The maximum absolute atomic E-state index is 11.2. The minimum Gasteiger partial charge on any atom is -0.612 e. The van der Waals surface area contributed by atoms with Crippen LogP contribution >= 0.6 is 0 Å². The number of benzene rings is 1. The van der Waals surface area contributed by atoms with Crippen molar-refractivity contribution in [2.24, 2.45) is 0 Å². The highest BCUT2D eigenvalue weighted by molar-refractivity contribution is 7.90. The lowest BCUT2D eigenvalue weighted by atomic mass is 10.2. The van der Waals surface area contributed by atoms with Crippen LogP contribution in [-0.2, 0) is 11.2 Å². The van der Waals surface area contributed by atoms with Crippen molar-refractivity contribution in [1.29, 1.82) is 0 Å². The van der Waals surface area contributed by atoms with Gasteiger partial charge in [-0.25, -0.2) is 0 Å². The summed E-state index contributed by atoms with van der Waals surface area (Å²) >= 11 is -1.01. The van der Waals surface area contributed by atoms with Crippen LogP contribution in [0.3, 0.4) is 0 Å². The van der Waals surface area contributed by atoms with E-state index >= 15 is 0 Å². The minimum absolute atomic E-state index is 0.604. The van der Waals surface area contributed by atoms with Gasteiger partial charge in [0, 0.05) is 28.7 Å². The van der Waals surface area contributed by atoms with Gasteiger partial charge in [0.15, 0.2) is 11.2 Å². The molecule has 3 nitrogen and oxygen atoms in total. The van der Waals surface area contributed by atoms with Crippen molar-refractivity contribution in [3.63, 3.8) is 0 Å². The molecule has 72 valence electrons. The second-order valence-electron chi connectivity index (χ2n) is 3.02. The first kappa shape index (κ1) is 9.30. The maximum Gasteiger partial charge on any atom is 0.153 e. The average Bonchev–Trinajstić information content (AvgIpc) is 2.59. The Labute approximate surface area is 84.3 Å². The van der Waals surface area contributed by atoms with Crippen molar-refractivity contribution in [3.05, 3.63) is 30.0 Å². The van der Waals surface area contributed by atoms with Gasteiger partial charge in [-0.1, -0.05) is 0 Å². The lowest BCUT2D eigenvalue weighted by Crippen LogP contribution is -1.96. The van der Waals surface area contributed by atoms with E-state index in [2.05, 4.69) is 4.98 Å². The molecule has 0 spiro atoms. The lowest BCUT2D eigenvalue weighted by molar-refractivity contribution is 0.112. The van der Waals surface area contributed by atoms with Crippen LogP contribution in [0.15, 0.2) is 29.3 Å². The molecule has 0 aliphatic heterocycles. The maximum atomic E-state index is 11.2. The Morgan fingerprint density at radius 2 is 2.29 bits per heavy atom. The summed E-state index contributed by atoms with van der Waals surface area (Å²) in [5.41, 5.74) is 1.49. The number of hydrogen-bond acceptors (Lipinski definition) is 2. The van der Waals surface area contributed by atoms with E-state index in [0.29, 0.717) is 5.56 Å². The minimum atomic E-state index is -1.01. The number of aldehydes is 1. The smallest absolute Gasteiger partial charge is 0.153 e. The van der Waals surface area contributed by atoms with Gasteiger partial charge in [-0.3, -0.25) is 4.79 Å². The van der Waals surface area contributed by atoms with Crippen molar-refractivity contribution in [1.82, 2.24) is 4.98 Å². The van der Waals surface area contributed by atoms with Crippen molar-refractivity contribution in [2.75, 3.05) is 6.26 Å². The summed E-state index contributed by atoms with van der Waals surface area (Å²) in [6, 6.07) is 5.41. The number of hydrogen-bond donors (Lipinski definition) is 1. The summed E-state index contributed by atoms with van der Waals surface area (Å²) in [5, 5.41) is 0.827. The quantitative estimate of drug-likeness (QED) is 0.602. The molecule has 1 N–H and O–H groups in total. The van der Waals surface area contributed by atoms with Crippen LogP contribution in [0.1, 0.15) is 10.4 Å². The zero-order valence-electron chi connectivity index (χ0n) is 7.61. The van der Waals surface area contributed by atoms with Crippen molar-refractivity contribution < 1.29 is 9.35 Å². The largest absolute Gasteiger partial charge is 0.612 e. The first-order valence-electron chi connectivity index (χ1n) is 4.12. The fraction of sp³-hybridized carbons (Fsp3) is 0.100. The number of rotatable bonds is 2. The number of aromatic nitrogens is 1. The predicted octanol–water partition coefficient (Wildman–Crippen LogP) is 1.72. The van der Waals surface area contributed by atoms with Crippen LogP contribution < -0.4 is 0 Å². The Morgan fingerprint density at radius 1 is 1.50 bits per heavy atom. The van der Waals surface area contributed by atoms with E-state index < -0.39 is 11.2 Å². The van der Waals surface area contributed by atoms with E-state index in [-0.39, 0.29) is 0 Å². The summed E-state index contributed by atoms with van der Waals surface area (Å²) in [6.45, 7) is 0. The third-order valence-electron chi connectivity index (χ3n) is 2.14. The molecule has 0 saturated carbocycles. The van der Waals surface area contributed by atoms with Crippen LogP contribution in [0.4, 0.5) is 0 Å². The van der Waals surface area contributed by atoms with E-state index in [4.69, 9.17) is 0 Å². The van der Waals surface area contributed by atoms with Crippen molar-refractivity contribution in [2.45, 2.75) is 4.90 Å². The van der Waals surface area contributed by atoms with Gasteiger partial charge < -0.3 is 9.54 Å². The highest BCUT2D eigenvalue weighted by Gasteiger charge is 2.08. The van der Waals surface area contributed by atoms with Gasteiger partial charge in [-0.15, -0.1) is 0 Å². The Bertz CT molecular complexity index is 476. The normalized spacial score (nSPS) is 13.0. The number of nitrogens with one attached hydrogen (secondary N) is 1. The SMILES string of the molecule is C[S+]([O-])c1ccc2[nH]cc(C=O)c2c1. The van der Waals surface area contributed by atoms with Crippen LogP contribution in [-0.4, -0.2) is 22.1 Å². The number of carbonyl (C=O) groups excluding carboxylic acids is 1. The van der Waals surface area contributed by atoms with Gasteiger partial charge in [0.1, 0.15) is 6.26 Å². The fourth-order valence-corrected chi connectivity index (χ4v) is 1.94. The van der Waals surface area contributed by atoms with E-state index in [1.54, 1.807) is 24.6 Å². The van der Waals surface area contributed by atoms with E-state index in [1.807, 2.05) is 6.07 Å². The number of aromatic amines is 1. The molecule has 2 aromatic rings. The molecule has 14 heavy (non-hydrogen) atoms. The second-order valence-corrected chi connectivity index (χ2v) is 4.40. The highest BCUT2D eigenvalue weighted by atomic mass is 32.2. The van der Waals surface area contributed by atoms with Crippen molar-refractivity contribution in [3.8, 4) is 0 Å². The lowest BCUT2D eigenvalue weighted by Gasteiger charge is -2.03. The third kappa shape index (κ3) is 1.42. The van der Waals surface area contributed by atoms with E-state index in [1.165, 1.54) is 0 Å².